The maximum atomic E-state index is 12.8. The fourth-order valence-corrected chi connectivity index (χ4v) is 14.4. The third kappa shape index (κ3) is 88.0. The van der Waals surface area contributed by atoms with Crippen LogP contribution in [0.5, 0.6) is 0 Å². The number of rotatable bonds is 86. The number of nitrogens with two attached hydrogens (primary N) is 1. The SMILES string of the molecule is CC/C=C\C/C=C\C/C=C\C/C=C\C/C=C\CCCCCCCCCCCCCCCCCCCCCCCCCCCC(=O)OC(COC(=O)CCCCCCCCCCCCCCCCCCCCCCCCCCCCCCC/C=C\C/C=C\CCCCCCC)COP(=O)(O)OCCN. The molecule has 0 aliphatic rings. The van der Waals surface area contributed by atoms with Crippen molar-refractivity contribution in [3.05, 3.63) is 85.1 Å². The van der Waals surface area contributed by atoms with Gasteiger partial charge in [0.05, 0.1) is 13.2 Å². The van der Waals surface area contributed by atoms with E-state index in [1.807, 2.05) is 0 Å². The summed E-state index contributed by atoms with van der Waals surface area (Å²) in [7, 11) is -4.40. The lowest BCUT2D eigenvalue weighted by Gasteiger charge is -2.19. The van der Waals surface area contributed by atoms with Gasteiger partial charge in [-0.1, -0.05) is 446 Å². The fraction of sp³-hybridized carbons (Fsp3) is 0.828. The molecular formula is C93H172NO8P. The first-order valence-electron chi connectivity index (χ1n) is 45.1. The molecule has 10 heteroatoms. The summed E-state index contributed by atoms with van der Waals surface area (Å²) in [4.78, 5) is 35.5. The van der Waals surface area contributed by atoms with Gasteiger partial charge in [-0.25, -0.2) is 4.57 Å². The predicted octanol–water partition coefficient (Wildman–Crippen LogP) is 30.8. The summed E-state index contributed by atoms with van der Waals surface area (Å²) in [5.74, 6) is -0.801. The van der Waals surface area contributed by atoms with E-state index in [2.05, 4.69) is 98.9 Å². The number of carbonyl (C=O) groups is 2. The van der Waals surface area contributed by atoms with Crippen molar-refractivity contribution < 1.29 is 37.6 Å². The molecule has 3 N–H and O–H groups in total. The molecule has 0 aromatic rings. The Morgan fingerprint density at radius 2 is 0.534 bits per heavy atom. The highest BCUT2D eigenvalue weighted by atomic mass is 31.2. The Labute approximate surface area is 640 Å². The molecular weight excluding hydrogens is 1290 g/mol. The van der Waals surface area contributed by atoms with Gasteiger partial charge >= 0.3 is 19.8 Å². The quantitative estimate of drug-likeness (QED) is 0.0264. The Kier molecular flexibility index (Phi) is 85.7. The second-order valence-corrected chi connectivity index (χ2v) is 31.9. The van der Waals surface area contributed by atoms with Crippen molar-refractivity contribution in [2.45, 2.75) is 469 Å². The topological polar surface area (TPSA) is 134 Å². The molecule has 0 radical (unpaired) electrons. The van der Waals surface area contributed by atoms with Crippen molar-refractivity contribution in [2.24, 2.45) is 5.73 Å². The van der Waals surface area contributed by atoms with Crippen molar-refractivity contribution in [2.75, 3.05) is 26.4 Å². The first kappa shape index (κ1) is 100. The standard InChI is InChI=1S/C93H172NO8P/c1-3-5-7-9-11-13-15-17-19-21-23-25-27-29-31-33-35-37-39-41-43-45-47-49-51-53-55-57-59-61-63-65-67-69-71-73-75-77-79-81-83-85-92(95)99-89-91(90-101-103(97,98)100-88-87-94)102-93(96)86-84-82-80-78-76-74-72-70-68-66-64-62-60-58-56-54-52-50-48-46-44-42-40-38-36-34-32-30-28-26-24-22-20-18-16-14-12-10-8-6-4-2/h6,8,12,14-15,17-18,20-21,23-24,26,30,32,91H,3-5,7,9-11,13,16,19,22,25,27-29,31,33-90,94H2,1-2H3,(H,97,98)/b8-6-,14-12-,17-15-,20-18-,23-21-,26-24-,32-30-. The summed E-state index contributed by atoms with van der Waals surface area (Å²) in [6, 6.07) is 0. The number of allylic oxidation sites excluding steroid dienone is 14. The maximum Gasteiger partial charge on any atom is 0.472 e. The monoisotopic (exact) mass is 1460 g/mol. The lowest BCUT2D eigenvalue weighted by molar-refractivity contribution is -0.161. The van der Waals surface area contributed by atoms with Crippen LogP contribution in [-0.4, -0.2) is 49.3 Å². The van der Waals surface area contributed by atoms with E-state index in [4.69, 9.17) is 24.3 Å². The van der Waals surface area contributed by atoms with Crippen molar-refractivity contribution in [3.63, 3.8) is 0 Å². The molecule has 2 unspecified atom stereocenters. The van der Waals surface area contributed by atoms with Crippen molar-refractivity contribution in [3.8, 4) is 0 Å². The Balaban J connectivity index is 3.70. The van der Waals surface area contributed by atoms with Crippen LogP contribution in [0.25, 0.3) is 0 Å². The molecule has 0 fully saturated rings. The maximum absolute atomic E-state index is 12.8. The lowest BCUT2D eigenvalue weighted by atomic mass is 10.0. The number of carbonyl (C=O) groups excluding carboxylic acids is 2. The van der Waals surface area contributed by atoms with Crippen LogP contribution in [0.2, 0.25) is 0 Å². The molecule has 0 rings (SSSR count). The molecule has 0 aliphatic carbocycles. The molecule has 0 heterocycles. The minimum absolute atomic E-state index is 0.0553. The number of unbranched alkanes of at least 4 members (excludes halogenated alkanes) is 59. The van der Waals surface area contributed by atoms with Gasteiger partial charge in [0.1, 0.15) is 6.61 Å². The first-order valence-corrected chi connectivity index (χ1v) is 46.6. The van der Waals surface area contributed by atoms with Gasteiger partial charge in [-0.2, -0.15) is 0 Å². The summed E-state index contributed by atoms with van der Waals surface area (Å²) in [5.41, 5.74) is 5.43. The minimum Gasteiger partial charge on any atom is -0.462 e. The van der Waals surface area contributed by atoms with E-state index in [1.54, 1.807) is 0 Å². The van der Waals surface area contributed by atoms with Gasteiger partial charge in [0.25, 0.3) is 0 Å². The normalized spacial score (nSPS) is 13.2. The Hall–Kier alpha value is -2.81. The largest absolute Gasteiger partial charge is 0.472 e. The van der Waals surface area contributed by atoms with E-state index in [1.165, 1.54) is 360 Å². The van der Waals surface area contributed by atoms with Gasteiger partial charge in [-0.3, -0.25) is 18.6 Å². The average molecular weight is 1460 g/mol. The van der Waals surface area contributed by atoms with Crippen LogP contribution in [0.1, 0.15) is 463 Å². The van der Waals surface area contributed by atoms with Crippen LogP contribution in [0.4, 0.5) is 0 Å². The molecule has 0 bridgehead atoms. The average Bonchev–Trinajstić information content (AvgIpc) is 0.970. The molecule has 103 heavy (non-hydrogen) atoms. The number of phosphoric acid groups is 1. The Bertz CT molecular complexity index is 1980. The van der Waals surface area contributed by atoms with Crippen LogP contribution in [0, 0.1) is 0 Å². The van der Waals surface area contributed by atoms with Crippen LogP contribution in [0.15, 0.2) is 85.1 Å². The number of hydrogen-bond acceptors (Lipinski definition) is 8. The molecule has 602 valence electrons. The van der Waals surface area contributed by atoms with Crippen molar-refractivity contribution in [1.29, 1.82) is 0 Å². The molecule has 9 nitrogen and oxygen atoms in total. The van der Waals surface area contributed by atoms with Gasteiger partial charge in [0.2, 0.25) is 0 Å². The molecule has 2 atom stereocenters. The highest BCUT2D eigenvalue weighted by Gasteiger charge is 2.26. The predicted molar refractivity (Wildman–Crippen MR) is 450 cm³/mol. The molecule has 0 aromatic carbocycles. The number of hydrogen-bond donors (Lipinski definition) is 2. The zero-order chi connectivity index (χ0) is 74.3. The highest BCUT2D eigenvalue weighted by Crippen LogP contribution is 2.43. The third-order valence-corrected chi connectivity index (χ3v) is 21.2. The summed E-state index contributed by atoms with van der Waals surface area (Å²) >= 11 is 0. The van der Waals surface area contributed by atoms with E-state index in [0.717, 1.165) is 70.6 Å². The zero-order valence-electron chi connectivity index (χ0n) is 68.3. The van der Waals surface area contributed by atoms with Crippen LogP contribution in [0.3, 0.4) is 0 Å². The van der Waals surface area contributed by atoms with Gasteiger partial charge in [0.15, 0.2) is 6.10 Å². The summed E-state index contributed by atoms with van der Waals surface area (Å²) in [6.07, 6.45) is 121. The Morgan fingerprint density at radius 1 is 0.301 bits per heavy atom. The zero-order valence-corrected chi connectivity index (χ0v) is 69.2. The van der Waals surface area contributed by atoms with Gasteiger partial charge in [-0.15, -0.1) is 0 Å². The molecule has 0 amide bonds. The third-order valence-electron chi connectivity index (χ3n) is 20.3. The van der Waals surface area contributed by atoms with Gasteiger partial charge in [0, 0.05) is 19.4 Å². The van der Waals surface area contributed by atoms with Crippen molar-refractivity contribution in [1.82, 2.24) is 0 Å². The lowest BCUT2D eigenvalue weighted by Crippen LogP contribution is -2.29. The Morgan fingerprint density at radius 3 is 0.796 bits per heavy atom. The van der Waals surface area contributed by atoms with Crippen molar-refractivity contribution >= 4 is 19.8 Å². The van der Waals surface area contributed by atoms with E-state index in [-0.39, 0.29) is 38.6 Å². The van der Waals surface area contributed by atoms with Crippen LogP contribution < -0.4 is 5.73 Å². The minimum atomic E-state index is -4.40. The number of ether oxygens (including phenoxy) is 2. The highest BCUT2D eigenvalue weighted by molar-refractivity contribution is 7.47. The summed E-state index contributed by atoms with van der Waals surface area (Å²) < 4.78 is 33.4. The van der Waals surface area contributed by atoms with E-state index in [0.29, 0.717) is 6.42 Å². The first-order chi connectivity index (χ1) is 50.8. The van der Waals surface area contributed by atoms with Gasteiger partial charge < -0.3 is 20.1 Å². The number of esters is 2. The van der Waals surface area contributed by atoms with E-state index in [9.17, 15) is 19.0 Å². The smallest absolute Gasteiger partial charge is 0.462 e. The molecule has 0 saturated carbocycles. The molecule has 0 saturated heterocycles. The molecule has 0 aliphatic heterocycles. The summed E-state index contributed by atoms with van der Waals surface area (Å²) in [5, 5.41) is 0. The summed E-state index contributed by atoms with van der Waals surface area (Å²) in [6.45, 7) is 3.70. The van der Waals surface area contributed by atoms with Crippen LogP contribution >= 0.6 is 7.82 Å². The van der Waals surface area contributed by atoms with Gasteiger partial charge in [-0.05, 0) is 89.9 Å². The number of phosphoric ester groups is 1. The second kappa shape index (κ2) is 88.1. The van der Waals surface area contributed by atoms with E-state index >= 15 is 0 Å². The fourth-order valence-electron chi connectivity index (χ4n) is 13.6. The van der Waals surface area contributed by atoms with Crippen LogP contribution in [-0.2, 0) is 32.7 Å². The van der Waals surface area contributed by atoms with E-state index < -0.39 is 26.5 Å². The molecule has 0 aromatic heterocycles. The molecule has 0 spiro atoms. The second-order valence-electron chi connectivity index (χ2n) is 30.4.